The van der Waals surface area contributed by atoms with Gasteiger partial charge in [0.1, 0.15) is 17.6 Å². The second-order valence-electron chi connectivity index (χ2n) is 22.5. The van der Waals surface area contributed by atoms with Crippen molar-refractivity contribution in [1.29, 1.82) is 0 Å². The molecule has 8 heteroatoms. The fraction of sp³-hybridized carbons (Fsp3) is 0.708. The molecule has 6 aliphatic rings. The molecule has 0 aromatic heterocycles. The normalized spacial score (nSPS) is 37.5. The third-order valence-corrected chi connectivity index (χ3v) is 26.0. The van der Waals surface area contributed by atoms with Gasteiger partial charge in [-0.2, -0.15) is 0 Å². The summed E-state index contributed by atoms with van der Waals surface area (Å²) in [7, 11) is -3.66. The first-order valence-corrected chi connectivity index (χ1v) is 27.8. The van der Waals surface area contributed by atoms with E-state index in [1.165, 1.54) is 29.5 Å². The molecule has 12 atom stereocenters. The number of aryl methyl sites for hydroxylation is 2. The molecule has 0 radical (unpaired) electrons. The molecule has 0 heterocycles. The Balaban J connectivity index is 0.000000172. The van der Waals surface area contributed by atoms with Gasteiger partial charge in [0.05, 0.1) is 18.3 Å². The lowest BCUT2D eigenvalue weighted by Crippen LogP contribution is -2.46. The number of benzene rings is 2. The third-order valence-electron chi connectivity index (χ3n) is 17.2. The van der Waals surface area contributed by atoms with E-state index in [0.717, 1.165) is 50.0 Å². The van der Waals surface area contributed by atoms with E-state index in [2.05, 4.69) is 130 Å². The van der Waals surface area contributed by atoms with E-state index in [4.69, 9.17) is 8.85 Å². The highest BCUT2D eigenvalue weighted by Crippen LogP contribution is 2.62. The Labute approximate surface area is 340 Å². The van der Waals surface area contributed by atoms with Crippen molar-refractivity contribution in [2.24, 2.45) is 34.5 Å². The van der Waals surface area contributed by atoms with E-state index < -0.39 is 34.9 Å². The SMILES string of the molecule is CC(C)(C)[Si](C)(C)Oc1ccc2c(c1)CC[C@@H]1[C@@H]2CC[C@]2(C)[C@@H](O)C=C[C@@H]12.CC(C)(C)[Si](C)(C)Oc1ccc2c(c1)CC[C@H]1[C@@H]3[C@@H](O)[C@@H](O)[C@H](O)[C@@]3(C)CC[C@H]21. The van der Waals surface area contributed by atoms with Gasteiger partial charge in [-0.25, -0.2) is 0 Å². The van der Waals surface area contributed by atoms with Crippen LogP contribution in [-0.4, -0.2) is 61.5 Å². The third kappa shape index (κ3) is 7.02. The quantitative estimate of drug-likeness (QED) is 0.182. The van der Waals surface area contributed by atoms with Crippen LogP contribution in [0.25, 0.3) is 0 Å². The topological polar surface area (TPSA) is 99.4 Å². The summed E-state index contributed by atoms with van der Waals surface area (Å²) in [6.45, 7) is 27.2. The molecule has 6 nitrogen and oxygen atoms in total. The standard InChI is InChI=1S/C24H38O4Si.C24H36O2Si/c1-23(2,3)29(5,6)28-15-8-10-16-14(13-15)7-9-18-17(16)11-12-24(4)19(18)20(25)21(26)22(24)27;1-23(2,3)27(5,6)26-17-8-10-18-16(15-17)7-9-20-19(18)13-14-24(4)21(20)11-12-22(24)25/h8,10,13,17-22,25-27H,7,9,11-12H2,1-6H3;8,10-12,15,19-22,25H,7,9,13-14H2,1-6H3/t17-,18-,19-,20-,21-,22+,24+;19-,20-,21+,22+,24+/m11/s1. The van der Waals surface area contributed by atoms with Gasteiger partial charge in [-0.15, -0.1) is 0 Å². The molecule has 310 valence electrons. The highest BCUT2D eigenvalue weighted by atomic mass is 28.4. The van der Waals surface area contributed by atoms with Crippen molar-refractivity contribution in [3.05, 3.63) is 70.8 Å². The number of fused-ring (bicyclic) bond motifs is 10. The molecule has 4 N–H and O–H groups in total. The second-order valence-corrected chi connectivity index (χ2v) is 31.9. The van der Waals surface area contributed by atoms with Gasteiger partial charge in [-0.1, -0.05) is 79.7 Å². The summed E-state index contributed by atoms with van der Waals surface area (Å²) in [6, 6.07) is 13.5. The van der Waals surface area contributed by atoms with Crippen LogP contribution in [0.2, 0.25) is 36.3 Å². The molecule has 0 unspecified atom stereocenters. The summed E-state index contributed by atoms with van der Waals surface area (Å²) in [6.07, 6.45) is 9.95. The molecule has 0 saturated heterocycles. The lowest BCUT2D eigenvalue weighted by atomic mass is 9.55. The van der Waals surface area contributed by atoms with Gasteiger partial charge >= 0.3 is 0 Å². The van der Waals surface area contributed by atoms with E-state index in [1.807, 2.05) is 0 Å². The van der Waals surface area contributed by atoms with Crippen LogP contribution in [0, 0.1) is 34.5 Å². The molecule has 3 fully saturated rings. The summed E-state index contributed by atoms with van der Waals surface area (Å²) >= 11 is 0. The van der Waals surface area contributed by atoms with E-state index in [0.29, 0.717) is 29.6 Å². The first-order chi connectivity index (χ1) is 25.9. The highest BCUT2D eigenvalue weighted by Gasteiger charge is 2.62. The number of aliphatic hydroxyl groups excluding tert-OH is 4. The summed E-state index contributed by atoms with van der Waals surface area (Å²) in [4.78, 5) is 0. The lowest BCUT2D eigenvalue weighted by Gasteiger charge is -2.50. The summed E-state index contributed by atoms with van der Waals surface area (Å²) < 4.78 is 13.1. The van der Waals surface area contributed by atoms with Crippen LogP contribution < -0.4 is 8.85 Å². The zero-order chi connectivity index (χ0) is 41.0. The average molecular weight is 803 g/mol. The zero-order valence-corrected chi connectivity index (χ0v) is 38.7. The fourth-order valence-electron chi connectivity index (χ4n) is 11.6. The molecule has 0 aliphatic heterocycles. The largest absolute Gasteiger partial charge is 0.543 e. The van der Waals surface area contributed by atoms with Gasteiger partial charge in [0.25, 0.3) is 0 Å². The molecule has 0 spiro atoms. The van der Waals surface area contributed by atoms with Crippen LogP contribution in [-0.2, 0) is 12.8 Å². The maximum atomic E-state index is 10.7. The molecule has 0 amide bonds. The smallest absolute Gasteiger partial charge is 0.250 e. The van der Waals surface area contributed by atoms with Crippen LogP contribution in [0.1, 0.15) is 128 Å². The molecular formula is C48H74O6Si2. The van der Waals surface area contributed by atoms with Gasteiger partial charge in [0.15, 0.2) is 0 Å². The van der Waals surface area contributed by atoms with Crippen molar-refractivity contribution in [3.8, 4) is 11.5 Å². The minimum absolute atomic E-state index is 0.0393. The van der Waals surface area contributed by atoms with Gasteiger partial charge in [-0.3, -0.25) is 0 Å². The van der Waals surface area contributed by atoms with Crippen molar-refractivity contribution < 1.29 is 29.3 Å². The van der Waals surface area contributed by atoms with Gasteiger partial charge in [-0.05, 0) is 170 Å². The number of aliphatic hydroxyl groups is 4. The second kappa shape index (κ2) is 14.4. The lowest BCUT2D eigenvalue weighted by molar-refractivity contribution is -0.0505. The molecule has 2 aromatic rings. The molecule has 56 heavy (non-hydrogen) atoms. The van der Waals surface area contributed by atoms with Crippen molar-refractivity contribution in [2.45, 2.75) is 179 Å². The van der Waals surface area contributed by atoms with Crippen LogP contribution in [0.3, 0.4) is 0 Å². The van der Waals surface area contributed by atoms with E-state index in [-0.39, 0.29) is 32.9 Å². The number of allylic oxidation sites excluding steroid dienone is 1. The summed E-state index contributed by atoms with van der Waals surface area (Å²) in [5.74, 6) is 4.57. The number of hydrogen-bond donors (Lipinski definition) is 4. The molecule has 2 aromatic carbocycles. The average Bonchev–Trinajstić information content (AvgIpc) is 3.51. The Morgan fingerprint density at radius 3 is 1.57 bits per heavy atom. The first-order valence-electron chi connectivity index (χ1n) is 21.9. The predicted octanol–water partition coefficient (Wildman–Crippen LogP) is 10.3. The minimum atomic E-state index is -1.87. The Hall–Kier alpha value is -1.95. The fourth-order valence-corrected chi connectivity index (χ4v) is 13.7. The molecular weight excluding hydrogens is 729 g/mol. The Kier molecular flexibility index (Phi) is 10.8. The van der Waals surface area contributed by atoms with Crippen molar-refractivity contribution in [2.75, 3.05) is 0 Å². The summed E-state index contributed by atoms with van der Waals surface area (Å²) in [5, 5.41) is 42.5. The van der Waals surface area contributed by atoms with Crippen LogP contribution in [0.5, 0.6) is 11.5 Å². The Morgan fingerprint density at radius 2 is 1.07 bits per heavy atom. The molecule has 6 aliphatic carbocycles. The molecule has 8 rings (SSSR count). The van der Waals surface area contributed by atoms with Gasteiger partial charge < -0.3 is 29.3 Å². The van der Waals surface area contributed by atoms with Crippen molar-refractivity contribution >= 4 is 16.6 Å². The maximum absolute atomic E-state index is 10.7. The van der Waals surface area contributed by atoms with Crippen LogP contribution >= 0.6 is 0 Å². The first kappa shape index (κ1) is 42.2. The Morgan fingerprint density at radius 1 is 0.607 bits per heavy atom. The number of rotatable bonds is 4. The molecule has 0 bridgehead atoms. The van der Waals surface area contributed by atoms with Gasteiger partial charge in [0.2, 0.25) is 16.6 Å². The van der Waals surface area contributed by atoms with E-state index in [1.54, 1.807) is 5.56 Å². The van der Waals surface area contributed by atoms with Gasteiger partial charge in [0, 0.05) is 10.8 Å². The Bertz CT molecular complexity index is 1810. The van der Waals surface area contributed by atoms with Crippen LogP contribution in [0.15, 0.2) is 48.6 Å². The van der Waals surface area contributed by atoms with E-state index >= 15 is 0 Å². The summed E-state index contributed by atoms with van der Waals surface area (Å²) in [5.41, 5.74) is 5.48. The predicted molar refractivity (Wildman–Crippen MR) is 232 cm³/mol. The zero-order valence-electron chi connectivity index (χ0n) is 36.7. The van der Waals surface area contributed by atoms with Crippen LogP contribution in [0.4, 0.5) is 0 Å². The van der Waals surface area contributed by atoms with E-state index in [9.17, 15) is 20.4 Å². The monoisotopic (exact) mass is 803 g/mol. The highest BCUT2D eigenvalue weighted by molar-refractivity contribution is 6.75. The molecule has 3 saturated carbocycles. The number of hydrogen-bond acceptors (Lipinski definition) is 6. The van der Waals surface area contributed by atoms with Crippen molar-refractivity contribution in [3.63, 3.8) is 0 Å². The maximum Gasteiger partial charge on any atom is 0.250 e. The minimum Gasteiger partial charge on any atom is -0.543 e. The van der Waals surface area contributed by atoms with Crippen molar-refractivity contribution in [1.82, 2.24) is 0 Å².